The van der Waals surface area contributed by atoms with Gasteiger partial charge in [0.1, 0.15) is 6.61 Å². The Morgan fingerprint density at radius 3 is 2.11 bits per heavy atom. The van der Waals surface area contributed by atoms with Crippen LogP contribution in [0.1, 0.15) is 43.7 Å². The number of hydrogen-bond donors (Lipinski definition) is 1. The van der Waals surface area contributed by atoms with E-state index in [0.717, 1.165) is 12.8 Å². The summed E-state index contributed by atoms with van der Waals surface area (Å²) in [6.07, 6.45) is 1.61. The number of carbonyl (C=O) groups excluding carboxylic acids is 1. The van der Waals surface area contributed by atoms with Gasteiger partial charge in [0, 0.05) is 25.6 Å². The molecule has 4 nitrogen and oxygen atoms in total. The van der Waals surface area contributed by atoms with Crippen LogP contribution < -0.4 is 0 Å². The summed E-state index contributed by atoms with van der Waals surface area (Å²) in [7, 11) is 0. The molecule has 2 aliphatic rings. The van der Waals surface area contributed by atoms with Crippen LogP contribution in [0.5, 0.6) is 0 Å². The van der Waals surface area contributed by atoms with E-state index >= 15 is 0 Å². The lowest BCUT2D eigenvalue weighted by atomic mass is 9.74. The molecule has 1 saturated heterocycles. The van der Waals surface area contributed by atoms with Gasteiger partial charge in [-0.2, -0.15) is 0 Å². The van der Waals surface area contributed by atoms with Gasteiger partial charge in [-0.1, -0.05) is 62.4 Å². The van der Waals surface area contributed by atoms with Crippen LogP contribution in [0.4, 0.5) is 4.79 Å². The molecule has 2 aromatic rings. The predicted octanol–water partition coefficient (Wildman–Crippen LogP) is 4.67. The molecular weight excluding hydrogens is 350 g/mol. The summed E-state index contributed by atoms with van der Waals surface area (Å²) in [5.41, 5.74) is 4.87. The molecule has 1 fully saturated rings. The van der Waals surface area contributed by atoms with Crippen molar-refractivity contribution in [3.05, 3.63) is 59.7 Å². The summed E-state index contributed by atoms with van der Waals surface area (Å²) in [5.74, 6) is 0.539. The normalized spacial score (nSPS) is 17.3. The fourth-order valence-corrected chi connectivity index (χ4v) is 4.66. The topological polar surface area (TPSA) is 49.8 Å². The minimum Gasteiger partial charge on any atom is -0.448 e. The van der Waals surface area contributed by atoms with Gasteiger partial charge in [-0.25, -0.2) is 4.79 Å². The third kappa shape index (κ3) is 3.42. The zero-order valence-electron chi connectivity index (χ0n) is 16.7. The van der Waals surface area contributed by atoms with E-state index in [1.54, 1.807) is 0 Å². The number of aliphatic hydroxyl groups excluding tert-OH is 1. The van der Waals surface area contributed by atoms with Crippen molar-refractivity contribution < 1.29 is 14.6 Å². The van der Waals surface area contributed by atoms with Crippen molar-refractivity contribution in [3.8, 4) is 11.1 Å². The second kappa shape index (κ2) is 7.59. The molecule has 1 heterocycles. The van der Waals surface area contributed by atoms with Crippen molar-refractivity contribution in [2.24, 2.45) is 11.3 Å². The second-order valence-electron chi connectivity index (χ2n) is 8.71. The summed E-state index contributed by atoms with van der Waals surface area (Å²) in [5, 5.41) is 9.58. The van der Waals surface area contributed by atoms with E-state index in [4.69, 9.17) is 4.74 Å². The van der Waals surface area contributed by atoms with Crippen LogP contribution in [-0.4, -0.2) is 42.4 Å². The molecule has 0 radical (unpaired) electrons. The van der Waals surface area contributed by atoms with Gasteiger partial charge in [0.05, 0.1) is 0 Å². The van der Waals surface area contributed by atoms with Crippen molar-refractivity contribution >= 4 is 6.09 Å². The molecule has 0 aromatic heterocycles. The Balaban J connectivity index is 1.40. The van der Waals surface area contributed by atoms with Gasteiger partial charge in [-0.15, -0.1) is 0 Å². The monoisotopic (exact) mass is 379 g/mol. The van der Waals surface area contributed by atoms with Crippen molar-refractivity contribution in [2.75, 3.05) is 26.3 Å². The minimum absolute atomic E-state index is 0.0900. The number of fused-ring (bicyclic) bond motifs is 3. The van der Waals surface area contributed by atoms with Gasteiger partial charge >= 0.3 is 6.09 Å². The third-order valence-corrected chi connectivity index (χ3v) is 6.60. The van der Waals surface area contributed by atoms with Crippen LogP contribution in [-0.2, 0) is 4.74 Å². The molecule has 1 aliphatic heterocycles. The van der Waals surface area contributed by atoms with E-state index in [0.29, 0.717) is 25.6 Å². The Kier molecular flexibility index (Phi) is 5.15. The lowest BCUT2D eigenvalue weighted by molar-refractivity contribution is 0.0398. The molecule has 1 aliphatic carbocycles. The average molecular weight is 380 g/mol. The summed E-state index contributed by atoms with van der Waals surface area (Å²) in [4.78, 5) is 14.5. The van der Waals surface area contributed by atoms with E-state index in [9.17, 15) is 9.90 Å². The highest BCUT2D eigenvalue weighted by Crippen LogP contribution is 2.44. The van der Waals surface area contributed by atoms with Gasteiger partial charge in [0.25, 0.3) is 0 Å². The second-order valence-corrected chi connectivity index (χ2v) is 8.71. The Hall–Kier alpha value is -2.33. The Labute approximate surface area is 167 Å². The first-order chi connectivity index (χ1) is 13.5. The zero-order chi connectivity index (χ0) is 19.7. The predicted molar refractivity (Wildman–Crippen MR) is 110 cm³/mol. The number of amides is 1. The molecular formula is C24H29NO3. The summed E-state index contributed by atoms with van der Waals surface area (Å²) >= 11 is 0. The molecule has 2 aromatic carbocycles. The highest BCUT2D eigenvalue weighted by atomic mass is 16.6. The number of carbonyl (C=O) groups is 1. The summed E-state index contributed by atoms with van der Waals surface area (Å²) in [6.45, 7) is 6.15. The quantitative estimate of drug-likeness (QED) is 0.840. The fourth-order valence-electron chi connectivity index (χ4n) is 4.66. The van der Waals surface area contributed by atoms with Crippen molar-refractivity contribution in [1.29, 1.82) is 0 Å². The maximum absolute atomic E-state index is 12.7. The fraction of sp³-hybridized carbons (Fsp3) is 0.458. The molecule has 148 valence electrons. The largest absolute Gasteiger partial charge is 0.448 e. The molecule has 1 N–H and O–H groups in total. The smallest absolute Gasteiger partial charge is 0.409 e. The number of aliphatic hydroxyl groups is 1. The summed E-state index contributed by atoms with van der Waals surface area (Å²) in [6, 6.07) is 16.8. The first-order valence-electron chi connectivity index (χ1n) is 10.2. The SMILES string of the molecule is CC(C)(CO)C1CCN(C(=O)OCC2c3ccccc3-c3ccccc32)CC1. The maximum atomic E-state index is 12.7. The molecule has 0 saturated carbocycles. The maximum Gasteiger partial charge on any atom is 0.409 e. The Bertz CT molecular complexity index is 807. The number of ether oxygens (including phenoxy) is 1. The molecule has 0 atom stereocenters. The number of nitrogens with zero attached hydrogens (tertiary/aromatic N) is 1. The van der Waals surface area contributed by atoms with Crippen LogP contribution in [0.15, 0.2) is 48.5 Å². The van der Waals surface area contributed by atoms with Crippen LogP contribution in [0.3, 0.4) is 0 Å². The van der Waals surface area contributed by atoms with E-state index in [2.05, 4.69) is 50.2 Å². The molecule has 0 spiro atoms. The van der Waals surface area contributed by atoms with E-state index in [1.807, 2.05) is 17.0 Å². The number of benzene rings is 2. The first kappa shape index (κ1) is 19.0. The van der Waals surface area contributed by atoms with Crippen molar-refractivity contribution in [3.63, 3.8) is 0 Å². The average Bonchev–Trinajstić information content (AvgIpc) is 3.06. The highest BCUT2D eigenvalue weighted by Gasteiger charge is 2.34. The van der Waals surface area contributed by atoms with E-state index in [-0.39, 0.29) is 24.0 Å². The first-order valence-corrected chi connectivity index (χ1v) is 10.2. The number of hydrogen-bond acceptors (Lipinski definition) is 3. The number of piperidine rings is 1. The van der Waals surface area contributed by atoms with Crippen LogP contribution in [0.25, 0.3) is 11.1 Å². The van der Waals surface area contributed by atoms with Gasteiger partial charge < -0.3 is 14.7 Å². The van der Waals surface area contributed by atoms with E-state index < -0.39 is 0 Å². The Morgan fingerprint density at radius 2 is 1.57 bits per heavy atom. The molecule has 4 heteroatoms. The van der Waals surface area contributed by atoms with Crippen LogP contribution in [0, 0.1) is 11.3 Å². The zero-order valence-corrected chi connectivity index (χ0v) is 16.7. The number of likely N-dealkylation sites (tertiary alicyclic amines) is 1. The Morgan fingerprint density at radius 1 is 1.04 bits per heavy atom. The lowest BCUT2D eigenvalue weighted by Gasteiger charge is -2.39. The molecule has 28 heavy (non-hydrogen) atoms. The molecule has 4 rings (SSSR count). The number of rotatable bonds is 4. The van der Waals surface area contributed by atoms with Gasteiger partial charge in [-0.05, 0) is 46.4 Å². The van der Waals surface area contributed by atoms with E-state index in [1.165, 1.54) is 22.3 Å². The van der Waals surface area contributed by atoms with Gasteiger partial charge in [-0.3, -0.25) is 0 Å². The molecule has 0 bridgehead atoms. The minimum atomic E-state index is -0.220. The highest BCUT2D eigenvalue weighted by molar-refractivity contribution is 5.79. The molecule has 1 amide bonds. The van der Waals surface area contributed by atoms with Crippen molar-refractivity contribution in [2.45, 2.75) is 32.6 Å². The van der Waals surface area contributed by atoms with Gasteiger partial charge in [0.2, 0.25) is 0 Å². The lowest BCUT2D eigenvalue weighted by Crippen LogP contribution is -2.43. The molecule has 0 unspecified atom stereocenters. The van der Waals surface area contributed by atoms with Gasteiger partial charge in [0.15, 0.2) is 0 Å². The van der Waals surface area contributed by atoms with Crippen molar-refractivity contribution in [1.82, 2.24) is 4.90 Å². The van der Waals surface area contributed by atoms with Crippen LogP contribution in [0.2, 0.25) is 0 Å². The third-order valence-electron chi connectivity index (χ3n) is 6.60. The van der Waals surface area contributed by atoms with Crippen LogP contribution >= 0.6 is 0 Å². The summed E-state index contributed by atoms with van der Waals surface area (Å²) < 4.78 is 5.76. The standard InChI is InChI=1S/C24H29NO3/c1-24(2,16-26)17-11-13-25(14-12-17)23(27)28-15-22-20-9-5-3-7-18(20)19-8-4-6-10-21(19)22/h3-10,17,22,26H,11-16H2,1-2H3.